The zero-order valence-corrected chi connectivity index (χ0v) is 17.9. The fraction of sp³-hybridized carbons (Fsp3) is 0.250. The highest BCUT2D eigenvalue weighted by Crippen LogP contribution is 2.38. The van der Waals surface area contributed by atoms with Crippen molar-refractivity contribution in [3.8, 4) is 5.75 Å². The van der Waals surface area contributed by atoms with E-state index in [0.717, 1.165) is 5.56 Å². The minimum atomic E-state index is -0.535. The lowest BCUT2D eigenvalue weighted by molar-refractivity contribution is -0.384. The van der Waals surface area contributed by atoms with Crippen LogP contribution in [-0.4, -0.2) is 35.4 Å². The topological polar surface area (TPSA) is 99.0 Å². The summed E-state index contributed by atoms with van der Waals surface area (Å²) < 4.78 is 10.6. The van der Waals surface area contributed by atoms with E-state index >= 15 is 0 Å². The van der Waals surface area contributed by atoms with Crippen molar-refractivity contribution in [2.75, 3.05) is 13.7 Å². The number of amides is 1. The van der Waals surface area contributed by atoms with E-state index in [1.54, 1.807) is 44.4 Å². The van der Waals surface area contributed by atoms with Gasteiger partial charge in [-0.05, 0) is 30.2 Å². The van der Waals surface area contributed by atoms with Crippen molar-refractivity contribution in [3.63, 3.8) is 0 Å². The van der Waals surface area contributed by atoms with Crippen LogP contribution in [0.2, 0.25) is 0 Å². The van der Waals surface area contributed by atoms with E-state index in [1.165, 1.54) is 23.1 Å². The lowest BCUT2D eigenvalue weighted by atomic mass is 9.83. The van der Waals surface area contributed by atoms with Crippen LogP contribution in [0.25, 0.3) is 0 Å². The molecule has 2 aromatic carbocycles. The maximum Gasteiger partial charge on any atom is 0.336 e. The Bertz CT molecular complexity index is 1090. The molecule has 3 rings (SSSR count). The van der Waals surface area contributed by atoms with Crippen LogP contribution in [0.15, 0.2) is 72.5 Å². The summed E-state index contributed by atoms with van der Waals surface area (Å²) in [5.41, 5.74) is 2.11. The lowest BCUT2D eigenvalue weighted by Crippen LogP contribution is -2.38. The lowest BCUT2D eigenvalue weighted by Gasteiger charge is -2.34. The maximum absolute atomic E-state index is 13.1. The summed E-state index contributed by atoms with van der Waals surface area (Å²) >= 11 is 0. The molecule has 0 radical (unpaired) electrons. The van der Waals surface area contributed by atoms with E-state index in [4.69, 9.17) is 9.47 Å². The van der Waals surface area contributed by atoms with Crippen LogP contribution in [-0.2, 0) is 20.9 Å². The van der Waals surface area contributed by atoms with Gasteiger partial charge in [-0.3, -0.25) is 14.9 Å². The molecule has 0 N–H and O–H groups in total. The van der Waals surface area contributed by atoms with Crippen molar-refractivity contribution in [1.29, 1.82) is 0 Å². The average Bonchev–Trinajstić information content (AvgIpc) is 2.80. The smallest absolute Gasteiger partial charge is 0.336 e. The second-order valence-corrected chi connectivity index (χ2v) is 7.33. The second kappa shape index (κ2) is 9.91. The van der Waals surface area contributed by atoms with Gasteiger partial charge in [-0.25, -0.2) is 4.79 Å². The molecule has 0 aliphatic carbocycles. The highest BCUT2D eigenvalue weighted by atomic mass is 16.6. The molecule has 1 aliphatic rings. The van der Waals surface area contributed by atoms with Gasteiger partial charge in [0.05, 0.1) is 24.2 Å². The predicted octanol–water partition coefficient (Wildman–Crippen LogP) is 4.12. The number of non-ortho nitro benzene ring substituents is 1. The van der Waals surface area contributed by atoms with Gasteiger partial charge in [-0.15, -0.1) is 0 Å². The van der Waals surface area contributed by atoms with Crippen LogP contribution in [0, 0.1) is 10.1 Å². The number of nitrogens with zero attached hydrogens (tertiary/aromatic N) is 2. The zero-order chi connectivity index (χ0) is 23.3. The third kappa shape index (κ3) is 4.85. The molecule has 1 atom stereocenters. The summed E-state index contributed by atoms with van der Waals surface area (Å²) in [6.07, 6.45) is 1.53. The number of benzene rings is 2. The highest BCUT2D eigenvalue weighted by Gasteiger charge is 2.37. The summed E-state index contributed by atoms with van der Waals surface area (Å²) in [4.78, 5) is 38.2. The number of hydrogen-bond acceptors (Lipinski definition) is 6. The van der Waals surface area contributed by atoms with Crippen LogP contribution >= 0.6 is 0 Å². The number of nitro groups is 1. The number of carbonyl (C=O) groups is 2. The second-order valence-electron chi connectivity index (χ2n) is 7.33. The van der Waals surface area contributed by atoms with Crippen molar-refractivity contribution in [2.45, 2.75) is 25.8 Å². The molecule has 0 unspecified atom stereocenters. The van der Waals surface area contributed by atoms with Gasteiger partial charge in [0.1, 0.15) is 12.4 Å². The molecule has 0 saturated carbocycles. The first-order chi connectivity index (χ1) is 15.3. The largest absolute Gasteiger partial charge is 0.497 e. The number of hydrogen-bond donors (Lipinski definition) is 0. The van der Waals surface area contributed by atoms with Gasteiger partial charge in [-0.1, -0.05) is 36.9 Å². The zero-order valence-electron chi connectivity index (χ0n) is 17.9. The number of nitro benzene ring substituents is 1. The van der Waals surface area contributed by atoms with Gasteiger partial charge in [0.15, 0.2) is 0 Å². The molecule has 32 heavy (non-hydrogen) atoms. The molecule has 2 aromatic rings. The molecule has 8 heteroatoms. The Balaban J connectivity index is 2.03. The van der Waals surface area contributed by atoms with Crippen molar-refractivity contribution >= 4 is 17.6 Å². The molecule has 0 fully saturated rings. The maximum atomic E-state index is 13.1. The van der Waals surface area contributed by atoms with Crippen LogP contribution in [0.4, 0.5) is 5.69 Å². The Hall–Kier alpha value is -3.94. The van der Waals surface area contributed by atoms with Crippen molar-refractivity contribution < 1.29 is 24.0 Å². The molecule has 0 aromatic heterocycles. The van der Waals surface area contributed by atoms with Gasteiger partial charge in [-0.2, -0.15) is 0 Å². The van der Waals surface area contributed by atoms with Crippen molar-refractivity contribution in [1.82, 2.24) is 4.90 Å². The van der Waals surface area contributed by atoms with Gasteiger partial charge in [0, 0.05) is 30.2 Å². The van der Waals surface area contributed by atoms with E-state index in [0.29, 0.717) is 22.6 Å². The number of esters is 1. The number of carbonyl (C=O) groups excluding carboxylic acids is 2. The van der Waals surface area contributed by atoms with Crippen LogP contribution in [0.3, 0.4) is 0 Å². The first-order valence-electron chi connectivity index (χ1n) is 10.0. The Morgan fingerprint density at radius 1 is 1.28 bits per heavy atom. The number of rotatable bonds is 8. The van der Waals surface area contributed by atoms with Crippen LogP contribution < -0.4 is 4.74 Å². The molecule has 8 nitrogen and oxygen atoms in total. The number of methoxy groups -OCH3 is 1. The fourth-order valence-corrected chi connectivity index (χ4v) is 3.77. The molecule has 0 bridgehead atoms. The van der Waals surface area contributed by atoms with Gasteiger partial charge >= 0.3 is 5.97 Å². The van der Waals surface area contributed by atoms with Gasteiger partial charge in [0.2, 0.25) is 5.91 Å². The standard InChI is InChI=1S/C24H24N2O6/c1-4-11-32-24(28)23-16(2)25(15-17-7-5-9-19(12-17)26(29)30)22(27)14-21(23)18-8-6-10-20(13-18)31-3/h4-10,12-13,21H,1,11,14-15H2,2-3H3/t21-/m0/s1. The molecule has 1 aliphatic heterocycles. The SMILES string of the molecule is C=CCOC(=O)C1=C(C)N(Cc2cccc([N+](=O)[O-])c2)C(=O)C[C@H]1c1cccc(OC)c1. The van der Waals surface area contributed by atoms with Crippen molar-refractivity contribution in [3.05, 3.63) is 93.7 Å². The molecule has 1 heterocycles. The van der Waals surface area contributed by atoms with E-state index < -0.39 is 16.8 Å². The van der Waals surface area contributed by atoms with Crippen molar-refractivity contribution in [2.24, 2.45) is 0 Å². The minimum Gasteiger partial charge on any atom is -0.497 e. The summed E-state index contributed by atoms with van der Waals surface area (Å²) in [7, 11) is 1.55. The third-order valence-corrected chi connectivity index (χ3v) is 5.33. The normalized spacial score (nSPS) is 16.0. The quantitative estimate of drug-likeness (QED) is 0.267. The first kappa shape index (κ1) is 22.7. The third-order valence-electron chi connectivity index (χ3n) is 5.33. The van der Waals surface area contributed by atoms with E-state index in [-0.39, 0.29) is 31.2 Å². The number of ether oxygens (including phenoxy) is 2. The molecule has 0 saturated heterocycles. The molecular formula is C24H24N2O6. The summed E-state index contributed by atoms with van der Waals surface area (Å²) in [6.45, 7) is 5.41. The summed E-state index contributed by atoms with van der Waals surface area (Å²) in [5, 5.41) is 11.1. The molecule has 166 valence electrons. The first-order valence-corrected chi connectivity index (χ1v) is 10.0. The van der Waals surface area contributed by atoms with Gasteiger partial charge in [0.25, 0.3) is 5.69 Å². The summed E-state index contributed by atoms with van der Waals surface area (Å²) in [6, 6.07) is 13.3. The molecule has 1 amide bonds. The molecular weight excluding hydrogens is 412 g/mol. The van der Waals surface area contributed by atoms with Crippen LogP contribution in [0.5, 0.6) is 5.75 Å². The molecule has 0 spiro atoms. The Labute approximate surface area is 185 Å². The average molecular weight is 436 g/mol. The Morgan fingerprint density at radius 2 is 2.03 bits per heavy atom. The Morgan fingerprint density at radius 3 is 2.72 bits per heavy atom. The van der Waals surface area contributed by atoms with E-state index in [9.17, 15) is 19.7 Å². The van der Waals surface area contributed by atoms with E-state index in [1.807, 2.05) is 6.07 Å². The van der Waals surface area contributed by atoms with E-state index in [2.05, 4.69) is 6.58 Å². The minimum absolute atomic E-state index is 0.0409. The predicted molar refractivity (Wildman–Crippen MR) is 118 cm³/mol. The number of allylic oxidation sites excluding steroid dienone is 1. The van der Waals surface area contributed by atoms with Crippen LogP contribution in [0.1, 0.15) is 30.4 Å². The summed E-state index contributed by atoms with van der Waals surface area (Å²) in [5.74, 6) is -0.615. The van der Waals surface area contributed by atoms with Gasteiger partial charge < -0.3 is 14.4 Å². The monoisotopic (exact) mass is 436 g/mol. The fourth-order valence-electron chi connectivity index (χ4n) is 3.77. The Kier molecular flexibility index (Phi) is 7.04. The highest BCUT2D eigenvalue weighted by molar-refractivity contribution is 5.96.